The molecular weight excluding hydrogens is 446 g/mol. The summed E-state index contributed by atoms with van der Waals surface area (Å²) in [4.78, 5) is 0. The fraction of sp³-hybridized carbons (Fsp3) is 1.00. The van der Waals surface area contributed by atoms with Crippen molar-refractivity contribution in [3.05, 3.63) is 0 Å². The average Bonchev–Trinajstić information content (AvgIpc) is 2.71. The number of hydrogen-bond donors (Lipinski definition) is 0. The van der Waals surface area contributed by atoms with Gasteiger partial charge in [0.15, 0.2) is 0 Å². The maximum absolute atomic E-state index is 2.33. The topological polar surface area (TPSA) is 0 Å². The van der Waals surface area contributed by atoms with Gasteiger partial charge in [0.2, 0.25) is 0 Å². The fourth-order valence-electron chi connectivity index (χ4n) is 4.21. The van der Waals surface area contributed by atoms with Crippen molar-refractivity contribution in [1.82, 2.24) is 0 Å². The summed E-state index contributed by atoms with van der Waals surface area (Å²) in [5.74, 6) is 0. The number of unbranched alkanes of at least 4 members (excludes halogenated alkanes) is 18. The standard InChI is InChI=1S/3C9H19.Sb/c3*1-3-5-7-9-8-6-4-2;/h3*1,3-9H2,2H3;. The third-order valence-corrected chi connectivity index (χ3v) is 14.4. The van der Waals surface area contributed by atoms with E-state index in [0.29, 0.717) is 0 Å². The van der Waals surface area contributed by atoms with Gasteiger partial charge >= 0.3 is 189 Å². The molecule has 0 N–H and O–H groups in total. The van der Waals surface area contributed by atoms with E-state index >= 15 is 0 Å². The van der Waals surface area contributed by atoms with Gasteiger partial charge in [-0.2, -0.15) is 0 Å². The number of rotatable bonds is 24. The van der Waals surface area contributed by atoms with Crippen LogP contribution in [0, 0.1) is 0 Å². The van der Waals surface area contributed by atoms with Crippen LogP contribution in [0.15, 0.2) is 0 Å². The van der Waals surface area contributed by atoms with Gasteiger partial charge in [-0.3, -0.25) is 0 Å². The molecule has 170 valence electrons. The third-order valence-electron chi connectivity index (χ3n) is 6.23. The Balaban J connectivity index is 3.80. The van der Waals surface area contributed by atoms with Crippen LogP contribution in [0.2, 0.25) is 13.1 Å². The van der Waals surface area contributed by atoms with E-state index in [1.165, 1.54) is 96.3 Å². The van der Waals surface area contributed by atoms with Gasteiger partial charge in [0.25, 0.3) is 0 Å². The minimum absolute atomic E-state index is 0.899. The Morgan fingerprint density at radius 3 is 0.750 bits per heavy atom. The molecule has 0 amide bonds. The molecule has 0 rings (SSSR count). The first-order valence-corrected chi connectivity index (χ1v) is 19.0. The SMILES string of the molecule is CCCCCCCC[CH2][Sb]([CH2]CCCCCCCC)[CH2]CCCCCCCC. The Morgan fingerprint density at radius 2 is 0.500 bits per heavy atom. The monoisotopic (exact) mass is 502 g/mol. The van der Waals surface area contributed by atoms with Crippen LogP contribution < -0.4 is 0 Å². The first kappa shape index (κ1) is 28.8. The molecule has 0 atom stereocenters. The number of hydrogen-bond acceptors (Lipinski definition) is 0. The van der Waals surface area contributed by atoms with Crippen LogP contribution in [-0.2, 0) is 0 Å². The Hall–Kier alpha value is 0.818. The second-order valence-electron chi connectivity index (χ2n) is 9.21. The molecule has 0 heterocycles. The third kappa shape index (κ3) is 23.1. The van der Waals surface area contributed by atoms with E-state index in [1.807, 2.05) is 0 Å². The van der Waals surface area contributed by atoms with Crippen molar-refractivity contribution in [2.45, 2.75) is 169 Å². The second-order valence-corrected chi connectivity index (χ2v) is 16.9. The molecule has 0 unspecified atom stereocenters. The molecule has 1 heteroatoms. The average molecular weight is 504 g/mol. The van der Waals surface area contributed by atoms with E-state index in [0.717, 1.165) is 0 Å². The van der Waals surface area contributed by atoms with Crippen molar-refractivity contribution in [1.29, 1.82) is 0 Å². The summed E-state index contributed by atoms with van der Waals surface area (Å²) < 4.78 is 5.13. The molecule has 0 aliphatic heterocycles. The summed E-state index contributed by atoms with van der Waals surface area (Å²) in [5, 5.41) is 0. The first-order chi connectivity index (χ1) is 13.8. The van der Waals surface area contributed by atoms with Crippen LogP contribution in [0.4, 0.5) is 0 Å². The molecule has 0 spiro atoms. The zero-order valence-corrected chi connectivity index (χ0v) is 23.0. The predicted molar refractivity (Wildman–Crippen MR) is 134 cm³/mol. The summed E-state index contributed by atoms with van der Waals surface area (Å²) >= 11 is -0.899. The zero-order valence-electron chi connectivity index (χ0n) is 20.4. The Bertz CT molecular complexity index is 220. The van der Waals surface area contributed by atoms with Crippen LogP contribution in [0.5, 0.6) is 0 Å². The summed E-state index contributed by atoms with van der Waals surface area (Å²) in [5.41, 5.74) is 0. The molecule has 0 aromatic heterocycles. The predicted octanol–water partition coefficient (Wildman–Crippen LogP) is 10.7. The van der Waals surface area contributed by atoms with E-state index in [1.54, 1.807) is 51.6 Å². The van der Waals surface area contributed by atoms with Gasteiger partial charge < -0.3 is 0 Å². The van der Waals surface area contributed by atoms with Gasteiger partial charge in [-0.05, 0) is 0 Å². The quantitative estimate of drug-likeness (QED) is 0.0908. The van der Waals surface area contributed by atoms with Crippen molar-refractivity contribution in [3.63, 3.8) is 0 Å². The van der Waals surface area contributed by atoms with Crippen LogP contribution in [0.1, 0.15) is 156 Å². The van der Waals surface area contributed by atoms with Crippen molar-refractivity contribution >= 4 is 20.2 Å². The van der Waals surface area contributed by atoms with Crippen molar-refractivity contribution in [3.8, 4) is 0 Å². The molecule has 28 heavy (non-hydrogen) atoms. The molecule has 0 aromatic rings. The molecule has 0 bridgehead atoms. The van der Waals surface area contributed by atoms with Crippen molar-refractivity contribution < 1.29 is 0 Å². The van der Waals surface area contributed by atoms with Crippen LogP contribution in [0.25, 0.3) is 0 Å². The van der Waals surface area contributed by atoms with Gasteiger partial charge in [-0.1, -0.05) is 0 Å². The molecule has 0 saturated heterocycles. The van der Waals surface area contributed by atoms with E-state index in [9.17, 15) is 0 Å². The van der Waals surface area contributed by atoms with E-state index < -0.39 is 20.2 Å². The van der Waals surface area contributed by atoms with E-state index in [-0.39, 0.29) is 0 Å². The molecule has 0 radical (unpaired) electrons. The van der Waals surface area contributed by atoms with Crippen LogP contribution >= 0.6 is 0 Å². The maximum atomic E-state index is 2.33. The van der Waals surface area contributed by atoms with Gasteiger partial charge in [0.1, 0.15) is 0 Å². The molecule has 0 nitrogen and oxygen atoms in total. The Morgan fingerprint density at radius 1 is 0.286 bits per heavy atom. The normalized spacial score (nSPS) is 11.6. The molecule has 0 aliphatic carbocycles. The first-order valence-electron chi connectivity index (χ1n) is 13.6. The van der Waals surface area contributed by atoms with Gasteiger partial charge in [0, 0.05) is 0 Å². The van der Waals surface area contributed by atoms with E-state index in [2.05, 4.69) is 20.8 Å². The molecule has 0 fully saturated rings. The molecule has 0 saturated carbocycles. The Labute approximate surface area is 188 Å². The zero-order chi connectivity index (χ0) is 20.5. The van der Waals surface area contributed by atoms with Gasteiger partial charge in [-0.25, -0.2) is 0 Å². The van der Waals surface area contributed by atoms with Crippen molar-refractivity contribution in [2.24, 2.45) is 0 Å². The van der Waals surface area contributed by atoms with Crippen LogP contribution in [0.3, 0.4) is 0 Å². The van der Waals surface area contributed by atoms with Crippen molar-refractivity contribution in [2.75, 3.05) is 0 Å². The van der Waals surface area contributed by atoms with Gasteiger partial charge in [-0.15, -0.1) is 0 Å². The minimum atomic E-state index is -0.899. The summed E-state index contributed by atoms with van der Waals surface area (Å²) in [6, 6.07) is 0. The van der Waals surface area contributed by atoms with E-state index in [4.69, 9.17) is 0 Å². The fourth-order valence-corrected chi connectivity index (χ4v) is 11.9. The second kappa shape index (κ2) is 25.9. The van der Waals surface area contributed by atoms with Crippen LogP contribution in [-0.4, -0.2) is 20.2 Å². The summed E-state index contributed by atoms with van der Waals surface area (Å²) in [6.45, 7) is 6.98. The van der Waals surface area contributed by atoms with Gasteiger partial charge in [0.05, 0.1) is 0 Å². The molecule has 0 aromatic carbocycles. The Kier molecular flexibility index (Phi) is 26.6. The summed E-state index contributed by atoms with van der Waals surface area (Å²) in [6.07, 6.45) is 31.4. The molecule has 0 aliphatic rings. The summed E-state index contributed by atoms with van der Waals surface area (Å²) in [7, 11) is 0. The molecular formula is C27H57Sb.